The van der Waals surface area contributed by atoms with E-state index in [2.05, 4.69) is 0 Å². The Morgan fingerprint density at radius 3 is 2.29 bits per heavy atom. The molecule has 1 rings (SSSR count). The Morgan fingerprint density at radius 2 is 1.76 bits per heavy atom. The molecule has 3 nitrogen and oxygen atoms in total. The second kappa shape index (κ2) is 6.17. The van der Waals surface area contributed by atoms with E-state index in [9.17, 15) is 8.42 Å². The fourth-order valence-corrected chi connectivity index (χ4v) is 2.65. The van der Waals surface area contributed by atoms with Crippen molar-refractivity contribution < 1.29 is 8.42 Å². The molecule has 17 heavy (non-hydrogen) atoms. The van der Waals surface area contributed by atoms with Crippen LogP contribution in [0.4, 0.5) is 0 Å². The Labute approximate surface area is 104 Å². The predicted octanol–water partition coefficient (Wildman–Crippen LogP) is 2.29. The van der Waals surface area contributed by atoms with Gasteiger partial charge in [-0.1, -0.05) is 30.3 Å². The second-order valence-corrected chi connectivity index (χ2v) is 7.25. The van der Waals surface area contributed by atoms with Gasteiger partial charge in [-0.2, -0.15) is 0 Å². The lowest BCUT2D eigenvalue weighted by atomic mass is 10.0. The molecular weight excluding hydrogens is 234 g/mol. The van der Waals surface area contributed by atoms with Crippen LogP contribution in [0.15, 0.2) is 30.3 Å². The van der Waals surface area contributed by atoms with Gasteiger partial charge in [0.1, 0.15) is 0 Å². The van der Waals surface area contributed by atoms with Gasteiger partial charge in [-0.25, -0.2) is 8.42 Å². The highest BCUT2D eigenvalue weighted by molar-refractivity contribution is 7.91. The molecule has 0 aliphatic rings. The largest absolute Gasteiger partial charge is 0.324 e. The van der Waals surface area contributed by atoms with Crippen molar-refractivity contribution in [2.24, 2.45) is 5.73 Å². The van der Waals surface area contributed by atoms with Crippen molar-refractivity contribution in [3.05, 3.63) is 35.9 Å². The molecule has 0 amide bonds. The van der Waals surface area contributed by atoms with Gasteiger partial charge in [-0.15, -0.1) is 0 Å². The molecule has 96 valence electrons. The molecule has 0 spiro atoms. The van der Waals surface area contributed by atoms with Crippen LogP contribution in [-0.2, 0) is 9.84 Å². The van der Waals surface area contributed by atoms with Crippen molar-refractivity contribution in [2.75, 3.05) is 5.75 Å². The van der Waals surface area contributed by atoms with Gasteiger partial charge in [0.25, 0.3) is 0 Å². The fourth-order valence-electron chi connectivity index (χ4n) is 1.61. The summed E-state index contributed by atoms with van der Waals surface area (Å²) in [6.45, 7) is 3.43. The van der Waals surface area contributed by atoms with Gasteiger partial charge in [-0.05, 0) is 32.3 Å². The molecule has 4 heteroatoms. The smallest absolute Gasteiger partial charge is 0.152 e. The average molecular weight is 255 g/mol. The summed E-state index contributed by atoms with van der Waals surface area (Å²) in [5, 5.41) is -0.296. The van der Waals surface area contributed by atoms with Crippen LogP contribution in [0.25, 0.3) is 0 Å². The summed E-state index contributed by atoms with van der Waals surface area (Å²) in [7, 11) is -2.93. The molecule has 1 unspecified atom stereocenters. The van der Waals surface area contributed by atoms with E-state index >= 15 is 0 Å². The quantitative estimate of drug-likeness (QED) is 0.848. The first-order valence-electron chi connectivity index (χ1n) is 5.95. The summed E-state index contributed by atoms with van der Waals surface area (Å²) < 4.78 is 23.2. The number of hydrogen-bond donors (Lipinski definition) is 1. The maximum Gasteiger partial charge on any atom is 0.152 e. The minimum absolute atomic E-state index is 0.0708. The Kier molecular flexibility index (Phi) is 5.15. The SMILES string of the molecule is CC(C)S(=O)(=O)CCCC(N)c1ccccc1. The van der Waals surface area contributed by atoms with E-state index < -0.39 is 9.84 Å². The topological polar surface area (TPSA) is 60.2 Å². The van der Waals surface area contributed by atoms with Gasteiger partial charge in [-0.3, -0.25) is 0 Å². The summed E-state index contributed by atoms with van der Waals surface area (Å²) in [5.74, 6) is 0.227. The van der Waals surface area contributed by atoms with Crippen molar-refractivity contribution in [1.82, 2.24) is 0 Å². The summed E-state index contributed by atoms with van der Waals surface area (Å²) in [5.41, 5.74) is 7.07. The molecule has 1 atom stereocenters. The molecule has 0 bridgehead atoms. The molecule has 0 heterocycles. The van der Waals surface area contributed by atoms with Crippen LogP contribution in [0.5, 0.6) is 0 Å². The molecule has 0 aliphatic carbocycles. The molecule has 0 saturated carbocycles. The first-order valence-corrected chi connectivity index (χ1v) is 7.67. The summed E-state index contributed by atoms with van der Waals surface area (Å²) in [4.78, 5) is 0. The highest BCUT2D eigenvalue weighted by atomic mass is 32.2. The zero-order chi connectivity index (χ0) is 12.9. The predicted molar refractivity (Wildman–Crippen MR) is 71.5 cm³/mol. The van der Waals surface area contributed by atoms with Gasteiger partial charge < -0.3 is 5.73 Å². The summed E-state index contributed by atoms with van der Waals surface area (Å²) >= 11 is 0. The molecule has 0 saturated heterocycles. The average Bonchev–Trinajstić information content (AvgIpc) is 2.29. The van der Waals surface area contributed by atoms with E-state index in [0.29, 0.717) is 12.8 Å². The zero-order valence-electron chi connectivity index (χ0n) is 10.5. The number of benzene rings is 1. The third-order valence-electron chi connectivity index (χ3n) is 2.89. The Bertz CT molecular complexity index is 426. The maximum absolute atomic E-state index is 11.6. The minimum atomic E-state index is -2.93. The number of hydrogen-bond acceptors (Lipinski definition) is 3. The summed E-state index contributed by atoms with van der Waals surface area (Å²) in [6, 6.07) is 9.71. The van der Waals surface area contributed by atoms with Gasteiger partial charge in [0.05, 0.1) is 11.0 Å². The minimum Gasteiger partial charge on any atom is -0.324 e. The molecule has 0 aromatic heterocycles. The van der Waals surface area contributed by atoms with Crippen molar-refractivity contribution in [2.45, 2.75) is 38.0 Å². The fraction of sp³-hybridized carbons (Fsp3) is 0.538. The monoisotopic (exact) mass is 255 g/mol. The maximum atomic E-state index is 11.6. The molecule has 1 aromatic carbocycles. The molecule has 2 N–H and O–H groups in total. The van der Waals surface area contributed by atoms with Crippen LogP contribution in [-0.4, -0.2) is 19.4 Å². The van der Waals surface area contributed by atoms with E-state index in [4.69, 9.17) is 5.73 Å². The molecule has 0 fully saturated rings. The van der Waals surface area contributed by atoms with Gasteiger partial charge in [0, 0.05) is 6.04 Å². The standard InChI is InChI=1S/C13H21NO2S/c1-11(2)17(15,16)10-6-9-13(14)12-7-4-3-5-8-12/h3-5,7-8,11,13H,6,9-10,14H2,1-2H3. The number of rotatable bonds is 6. The van der Waals surface area contributed by atoms with Gasteiger partial charge in [0.15, 0.2) is 9.84 Å². The van der Waals surface area contributed by atoms with Crippen LogP contribution in [0.2, 0.25) is 0 Å². The van der Waals surface area contributed by atoms with Crippen LogP contribution in [0.1, 0.15) is 38.3 Å². The Balaban J connectivity index is 2.43. The van der Waals surface area contributed by atoms with E-state index in [1.807, 2.05) is 30.3 Å². The molecule has 0 aliphatic heterocycles. The third kappa shape index (κ3) is 4.48. The number of nitrogens with two attached hydrogens (primary N) is 1. The highest BCUT2D eigenvalue weighted by Crippen LogP contribution is 2.16. The molecule has 0 radical (unpaired) electrons. The second-order valence-electron chi connectivity index (χ2n) is 4.58. The lowest BCUT2D eigenvalue weighted by Crippen LogP contribution is -2.19. The first-order chi connectivity index (χ1) is 7.93. The van der Waals surface area contributed by atoms with Crippen molar-refractivity contribution in [3.8, 4) is 0 Å². The zero-order valence-corrected chi connectivity index (χ0v) is 11.3. The number of sulfone groups is 1. The van der Waals surface area contributed by atoms with Crippen molar-refractivity contribution in [3.63, 3.8) is 0 Å². The lowest BCUT2D eigenvalue weighted by Gasteiger charge is -2.12. The molecular formula is C13H21NO2S. The van der Waals surface area contributed by atoms with E-state index in [1.54, 1.807) is 13.8 Å². The Hall–Kier alpha value is -0.870. The van der Waals surface area contributed by atoms with E-state index in [-0.39, 0.29) is 17.0 Å². The van der Waals surface area contributed by atoms with Gasteiger partial charge in [0.2, 0.25) is 0 Å². The Morgan fingerprint density at radius 1 is 1.18 bits per heavy atom. The summed E-state index contributed by atoms with van der Waals surface area (Å²) in [6.07, 6.45) is 1.33. The van der Waals surface area contributed by atoms with Crippen molar-refractivity contribution in [1.29, 1.82) is 0 Å². The van der Waals surface area contributed by atoms with Gasteiger partial charge >= 0.3 is 0 Å². The lowest BCUT2D eigenvalue weighted by molar-refractivity contribution is 0.575. The highest BCUT2D eigenvalue weighted by Gasteiger charge is 2.16. The third-order valence-corrected chi connectivity index (χ3v) is 5.18. The van der Waals surface area contributed by atoms with Crippen LogP contribution >= 0.6 is 0 Å². The first kappa shape index (κ1) is 14.2. The van der Waals surface area contributed by atoms with Crippen molar-refractivity contribution >= 4 is 9.84 Å². The van der Waals surface area contributed by atoms with Crippen LogP contribution < -0.4 is 5.73 Å². The normalized spacial score (nSPS) is 13.9. The van der Waals surface area contributed by atoms with E-state index in [0.717, 1.165) is 5.56 Å². The van der Waals surface area contributed by atoms with E-state index in [1.165, 1.54) is 0 Å². The van der Waals surface area contributed by atoms with Crippen LogP contribution in [0.3, 0.4) is 0 Å². The molecule has 1 aromatic rings. The van der Waals surface area contributed by atoms with Crippen LogP contribution in [0, 0.1) is 0 Å².